The smallest absolute Gasteiger partial charge is 0.266 e. The van der Waals surface area contributed by atoms with E-state index in [0.29, 0.717) is 16.8 Å². The Hall–Kier alpha value is -5.24. The highest BCUT2D eigenvalue weighted by Gasteiger charge is 2.13. The Morgan fingerprint density at radius 2 is 1.97 bits per heavy atom. The van der Waals surface area contributed by atoms with Gasteiger partial charge in [-0.3, -0.25) is 19.3 Å². The van der Waals surface area contributed by atoms with Crippen molar-refractivity contribution in [1.82, 2.24) is 35.0 Å². The van der Waals surface area contributed by atoms with Gasteiger partial charge in [0.05, 0.1) is 36.8 Å². The van der Waals surface area contributed by atoms with E-state index >= 15 is 0 Å². The molecule has 5 rings (SSSR count). The molecule has 0 saturated carbocycles. The fourth-order valence-corrected chi connectivity index (χ4v) is 3.66. The van der Waals surface area contributed by atoms with Gasteiger partial charge in [0.25, 0.3) is 11.5 Å². The first-order valence-electron chi connectivity index (χ1n) is 11.0. The number of aromatic nitrogens is 6. The lowest BCUT2D eigenvalue weighted by Crippen LogP contribution is -2.33. The minimum absolute atomic E-state index is 0.0196. The van der Waals surface area contributed by atoms with Crippen molar-refractivity contribution in [3.05, 3.63) is 106 Å². The molecule has 0 aliphatic rings. The van der Waals surface area contributed by atoms with Gasteiger partial charge in [0, 0.05) is 28.9 Å². The minimum Gasteiger partial charge on any atom is -0.341 e. The summed E-state index contributed by atoms with van der Waals surface area (Å²) < 4.78 is 27.8. The van der Waals surface area contributed by atoms with Crippen molar-refractivity contribution in [1.29, 1.82) is 0 Å². The maximum Gasteiger partial charge on any atom is 0.266 e. The Morgan fingerprint density at radius 1 is 1.08 bits per heavy atom. The van der Waals surface area contributed by atoms with Gasteiger partial charge in [-0.25, -0.2) is 23.7 Å². The van der Waals surface area contributed by atoms with Crippen molar-refractivity contribution in [3.63, 3.8) is 0 Å². The van der Waals surface area contributed by atoms with E-state index < -0.39 is 23.1 Å². The molecular weight excluding hydrogens is 480 g/mol. The molecule has 5 aromatic rings. The number of fused-ring (bicyclic) bond motifs is 1. The number of halogens is 2. The van der Waals surface area contributed by atoms with Crippen LogP contribution < -0.4 is 10.9 Å². The molecule has 0 atom stereocenters. The maximum atomic E-state index is 13.5. The van der Waals surface area contributed by atoms with Gasteiger partial charge in [-0.15, -0.1) is 0 Å². The van der Waals surface area contributed by atoms with Crippen molar-refractivity contribution in [2.75, 3.05) is 6.54 Å². The number of carbonyl (C=O) groups is 1. The molecule has 0 unspecified atom stereocenters. The monoisotopic (exact) mass is 497 g/mol. The number of nitrogens with one attached hydrogen (secondary N) is 2. The molecule has 1 amide bonds. The highest BCUT2D eigenvalue weighted by molar-refractivity contribution is 5.94. The first kappa shape index (κ1) is 23.5. The third kappa shape index (κ3) is 5.08. The van der Waals surface area contributed by atoms with E-state index in [-0.39, 0.29) is 18.7 Å². The van der Waals surface area contributed by atoms with Crippen LogP contribution in [0.1, 0.15) is 21.5 Å². The van der Waals surface area contributed by atoms with Gasteiger partial charge < -0.3 is 5.32 Å². The Bertz CT molecular complexity index is 1740. The fraction of sp³-hybridized carbons (Fsp3) is 0.0769. The molecule has 3 heterocycles. The molecule has 9 nitrogen and oxygen atoms in total. The van der Waals surface area contributed by atoms with Crippen LogP contribution in [0.5, 0.6) is 0 Å². The summed E-state index contributed by atoms with van der Waals surface area (Å²) in [6.45, 7) is -0.0926. The number of hydrogen-bond donors (Lipinski definition) is 2. The van der Waals surface area contributed by atoms with E-state index in [4.69, 9.17) is 0 Å². The number of aromatic amines is 1. The van der Waals surface area contributed by atoms with Crippen molar-refractivity contribution in [3.8, 4) is 23.1 Å². The molecule has 0 radical (unpaired) electrons. The predicted octanol–water partition coefficient (Wildman–Crippen LogP) is 2.68. The number of amides is 1. The van der Waals surface area contributed by atoms with Gasteiger partial charge in [0.2, 0.25) is 0 Å². The van der Waals surface area contributed by atoms with Crippen LogP contribution in [0.15, 0.2) is 72.4 Å². The maximum absolute atomic E-state index is 13.5. The molecule has 2 N–H and O–H groups in total. The van der Waals surface area contributed by atoms with Crippen LogP contribution in [0.3, 0.4) is 0 Å². The van der Waals surface area contributed by atoms with Gasteiger partial charge in [-0.2, -0.15) is 5.10 Å². The Morgan fingerprint density at radius 3 is 2.78 bits per heavy atom. The van der Waals surface area contributed by atoms with Crippen molar-refractivity contribution in [2.45, 2.75) is 6.54 Å². The van der Waals surface area contributed by atoms with Crippen molar-refractivity contribution < 1.29 is 13.6 Å². The average molecular weight is 497 g/mol. The summed E-state index contributed by atoms with van der Waals surface area (Å²) in [6.07, 6.45) is 7.25. The molecule has 11 heteroatoms. The SMILES string of the molecule is O=C(NCC#Cc1ccc2ncnc(-c3cn[nH]c3)c2c1)c1cncn(Cc2ccc(F)c(F)c2)c1=O. The number of H-pyrrole nitrogens is 1. The third-order valence-corrected chi connectivity index (χ3v) is 5.46. The van der Waals surface area contributed by atoms with Crippen LogP contribution in [0.4, 0.5) is 8.78 Å². The van der Waals surface area contributed by atoms with E-state index in [1.54, 1.807) is 18.5 Å². The zero-order valence-corrected chi connectivity index (χ0v) is 19.1. The van der Waals surface area contributed by atoms with Crippen molar-refractivity contribution in [2.24, 2.45) is 0 Å². The molecule has 182 valence electrons. The molecule has 3 aromatic heterocycles. The second kappa shape index (κ2) is 10.2. The summed E-state index contributed by atoms with van der Waals surface area (Å²) in [7, 11) is 0. The topological polar surface area (TPSA) is 118 Å². The fourth-order valence-electron chi connectivity index (χ4n) is 3.66. The summed E-state index contributed by atoms with van der Waals surface area (Å²) >= 11 is 0. The minimum atomic E-state index is -1.03. The Kier molecular flexibility index (Phi) is 6.46. The molecule has 0 fully saturated rings. The van der Waals surface area contributed by atoms with Crippen LogP contribution in [-0.4, -0.2) is 42.2 Å². The summed E-state index contributed by atoms with van der Waals surface area (Å²) in [5.74, 6) is 3.17. The van der Waals surface area contributed by atoms with Gasteiger partial charge in [-0.05, 0) is 35.9 Å². The standard InChI is InChI=1S/C26H17F2N7O2/c27-21-5-3-17(9-22(21)28)13-35-15-29-12-20(26(35)37)25(36)30-7-1-2-16-4-6-23-19(8-16)24(32-14-31-23)18-10-33-34-11-18/h3-6,8-12,14-15H,7,13H2,(H,30,36)(H,33,34). The van der Waals surface area contributed by atoms with E-state index in [2.05, 4.69) is 42.3 Å². The Labute approximate surface area is 208 Å². The van der Waals surface area contributed by atoms with Gasteiger partial charge in [0.15, 0.2) is 11.6 Å². The highest BCUT2D eigenvalue weighted by atomic mass is 19.2. The Balaban J connectivity index is 1.29. The van der Waals surface area contributed by atoms with Crippen LogP contribution in [-0.2, 0) is 6.54 Å². The summed E-state index contributed by atoms with van der Waals surface area (Å²) in [5.41, 5.74) is 2.51. The van der Waals surface area contributed by atoms with Gasteiger partial charge in [-0.1, -0.05) is 17.9 Å². The quantitative estimate of drug-likeness (QED) is 0.361. The summed E-state index contributed by atoms with van der Waals surface area (Å²) in [6, 6.07) is 8.80. The molecule has 0 aliphatic carbocycles. The van der Waals surface area contributed by atoms with E-state index in [1.165, 1.54) is 18.7 Å². The molecule has 0 aliphatic heterocycles. The predicted molar refractivity (Wildman–Crippen MR) is 130 cm³/mol. The second-order valence-electron chi connectivity index (χ2n) is 7.91. The van der Waals surface area contributed by atoms with Crippen LogP contribution in [0.25, 0.3) is 22.2 Å². The first-order valence-corrected chi connectivity index (χ1v) is 11.0. The first-order chi connectivity index (χ1) is 18.0. The number of nitrogens with zero attached hydrogens (tertiary/aromatic N) is 5. The summed E-state index contributed by atoms with van der Waals surface area (Å²) in [5, 5.41) is 10.1. The number of carbonyl (C=O) groups excluding carboxylic acids is 1. The van der Waals surface area contributed by atoms with Crippen LogP contribution in [0, 0.1) is 23.5 Å². The molecule has 0 bridgehead atoms. The molecule has 37 heavy (non-hydrogen) atoms. The average Bonchev–Trinajstić information content (AvgIpc) is 3.44. The number of rotatable bonds is 5. The van der Waals surface area contributed by atoms with Crippen LogP contribution in [0.2, 0.25) is 0 Å². The highest BCUT2D eigenvalue weighted by Crippen LogP contribution is 2.25. The molecule has 0 saturated heterocycles. The van der Waals surface area contributed by atoms with Crippen LogP contribution >= 0.6 is 0 Å². The number of benzene rings is 2. The van der Waals surface area contributed by atoms with E-state index in [9.17, 15) is 18.4 Å². The van der Waals surface area contributed by atoms with Gasteiger partial charge >= 0.3 is 0 Å². The zero-order valence-electron chi connectivity index (χ0n) is 19.1. The van der Waals surface area contributed by atoms with E-state index in [0.717, 1.165) is 39.4 Å². The third-order valence-electron chi connectivity index (χ3n) is 5.46. The molecular formula is C26H17F2N7O2. The van der Waals surface area contributed by atoms with E-state index in [1.807, 2.05) is 12.1 Å². The lowest BCUT2D eigenvalue weighted by atomic mass is 10.1. The normalized spacial score (nSPS) is 10.6. The largest absolute Gasteiger partial charge is 0.341 e. The second-order valence-corrected chi connectivity index (χ2v) is 7.91. The zero-order chi connectivity index (χ0) is 25.8. The van der Waals surface area contributed by atoms with Crippen molar-refractivity contribution >= 4 is 16.8 Å². The lowest BCUT2D eigenvalue weighted by Gasteiger charge is -2.08. The lowest BCUT2D eigenvalue weighted by molar-refractivity contribution is 0.0956. The molecule has 2 aromatic carbocycles. The summed E-state index contributed by atoms with van der Waals surface area (Å²) in [4.78, 5) is 37.8. The van der Waals surface area contributed by atoms with Gasteiger partial charge in [0.1, 0.15) is 11.9 Å². The number of hydrogen-bond acceptors (Lipinski definition) is 6. The molecule has 0 spiro atoms.